The lowest BCUT2D eigenvalue weighted by molar-refractivity contribution is -0.148. The predicted octanol–water partition coefficient (Wildman–Crippen LogP) is 2.50. The molecule has 1 aliphatic heterocycles. The highest BCUT2D eigenvalue weighted by Gasteiger charge is 2.34. The smallest absolute Gasteiger partial charge is 0.373 e. The van der Waals surface area contributed by atoms with Crippen LogP contribution in [0.2, 0.25) is 0 Å². The molecule has 3 amide bonds. The molecule has 34 heavy (non-hydrogen) atoms. The molecule has 0 radical (unpaired) electrons. The number of esters is 2. The van der Waals surface area contributed by atoms with Crippen LogP contribution in [-0.2, 0) is 25.6 Å². The zero-order valence-corrected chi connectivity index (χ0v) is 19.1. The summed E-state index contributed by atoms with van der Waals surface area (Å²) in [5.41, 5.74) is 0.599. The first-order valence-electron chi connectivity index (χ1n) is 10.3. The molecule has 0 bridgehead atoms. The topological polar surface area (TPSA) is 134 Å². The van der Waals surface area contributed by atoms with Crippen LogP contribution in [0.25, 0.3) is 6.08 Å². The number of imide groups is 1. The van der Waals surface area contributed by atoms with Crippen molar-refractivity contribution < 1.29 is 42.5 Å². The van der Waals surface area contributed by atoms with Crippen molar-refractivity contribution in [1.29, 1.82) is 0 Å². The lowest BCUT2D eigenvalue weighted by Crippen LogP contribution is -2.30. The summed E-state index contributed by atoms with van der Waals surface area (Å²) in [5.74, 6) is -0.890. The van der Waals surface area contributed by atoms with Gasteiger partial charge in [0.2, 0.25) is 5.76 Å². The van der Waals surface area contributed by atoms with E-state index < -0.39 is 30.0 Å². The molecule has 1 fully saturated rings. The number of carbonyl (C=O) groups is 4. The molecular weight excluding hydrogens is 448 g/mol. The van der Waals surface area contributed by atoms with Gasteiger partial charge in [-0.15, -0.1) is 0 Å². The standard InChI is InChI=1S/C23H24N2O9/c1-5-32-19-11-14(6-8-17(19)33-13(2)21(27)30-3)10-16-20(26)25(23(29)24-16)12-15-7-9-18(34-15)22(28)31-4/h6-11,13H,5,12H2,1-4H3,(H,24,29)/b16-10-/t13-/m1/s1. The molecular formula is C23H24N2O9. The molecule has 2 heterocycles. The number of hydrogen-bond acceptors (Lipinski definition) is 9. The van der Waals surface area contributed by atoms with Crippen LogP contribution in [0.4, 0.5) is 4.79 Å². The Morgan fingerprint density at radius 3 is 2.56 bits per heavy atom. The van der Waals surface area contributed by atoms with Gasteiger partial charge in [0.05, 0.1) is 27.4 Å². The Morgan fingerprint density at radius 2 is 1.88 bits per heavy atom. The summed E-state index contributed by atoms with van der Waals surface area (Å²) in [7, 11) is 2.48. The molecule has 1 aromatic heterocycles. The number of urea groups is 1. The Morgan fingerprint density at radius 1 is 1.12 bits per heavy atom. The zero-order valence-electron chi connectivity index (χ0n) is 19.1. The zero-order chi connectivity index (χ0) is 24.8. The summed E-state index contributed by atoms with van der Waals surface area (Å²) in [4.78, 5) is 49.3. The first-order valence-corrected chi connectivity index (χ1v) is 10.3. The van der Waals surface area contributed by atoms with E-state index in [1.54, 1.807) is 32.0 Å². The third-order valence-electron chi connectivity index (χ3n) is 4.74. The number of amides is 3. The van der Waals surface area contributed by atoms with Crippen molar-refractivity contribution in [1.82, 2.24) is 10.2 Å². The fraction of sp³-hybridized carbons (Fsp3) is 0.304. The molecule has 0 spiro atoms. The van der Waals surface area contributed by atoms with Gasteiger partial charge in [0.1, 0.15) is 11.5 Å². The summed E-state index contributed by atoms with van der Waals surface area (Å²) >= 11 is 0. The number of methoxy groups -OCH3 is 2. The molecule has 11 nitrogen and oxygen atoms in total. The molecule has 1 N–H and O–H groups in total. The van der Waals surface area contributed by atoms with Crippen molar-refractivity contribution in [2.45, 2.75) is 26.5 Å². The van der Waals surface area contributed by atoms with Crippen LogP contribution >= 0.6 is 0 Å². The number of rotatable bonds is 9. The summed E-state index contributed by atoms with van der Waals surface area (Å²) in [6, 6.07) is 7.10. The van der Waals surface area contributed by atoms with Gasteiger partial charge in [-0.1, -0.05) is 6.07 Å². The van der Waals surface area contributed by atoms with Crippen molar-refractivity contribution in [3.63, 3.8) is 0 Å². The third-order valence-corrected chi connectivity index (χ3v) is 4.74. The highest BCUT2D eigenvalue weighted by Crippen LogP contribution is 2.31. The first-order chi connectivity index (χ1) is 16.3. The van der Waals surface area contributed by atoms with E-state index in [-0.39, 0.29) is 23.8 Å². The highest BCUT2D eigenvalue weighted by atomic mass is 16.6. The van der Waals surface area contributed by atoms with E-state index in [1.165, 1.54) is 32.4 Å². The number of nitrogens with zero attached hydrogens (tertiary/aromatic N) is 1. The van der Waals surface area contributed by atoms with Crippen LogP contribution in [-0.4, -0.2) is 55.7 Å². The average molecular weight is 472 g/mol. The largest absolute Gasteiger partial charge is 0.490 e. The molecule has 2 aromatic rings. The number of hydrogen-bond donors (Lipinski definition) is 1. The van der Waals surface area contributed by atoms with Crippen LogP contribution < -0.4 is 14.8 Å². The van der Waals surface area contributed by atoms with E-state index in [2.05, 4.69) is 14.8 Å². The molecule has 3 rings (SSSR count). The fourth-order valence-corrected chi connectivity index (χ4v) is 3.10. The minimum Gasteiger partial charge on any atom is -0.490 e. The second-order valence-corrected chi connectivity index (χ2v) is 7.06. The van der Waals surface area contributed by atoms with E-state index >= 15 is 0 Å². The van der Waals surface area contributed by atoms with Gasteiger partial charge in [-0.05, 0) is 49.8 Å². The van der Waals surface area contributed by atoms with Gasteiger partial charge in [0.15, 0.2) is 17.6 Å². The van der Waals surface area contributed by atoms with Crippen LogP contribution in [0.3, 0.4) is 0 Å². The molecule has 180 valence electrons. The number of nitrogens with one attached hydrogen (secondary N) is 1. The van der Waals surface area contributed by atoms with Gasteiger partial charge in [0.25, 0.3) is 5.91 Å². The molecule has 1 saturated heterocycles. The Labute approximate surface area is 195 Å². The summed E-state index contributed by atoms with van der Waals surface area (Å²) in [6.07, 6.45) is 0.636. The van der Waals surface area contributed by atoms with Crippen molar-refractivity contribution >= 4 is 30.0 Å². The van der Waals surface area contributed by atoms with Gasteiger partial charge in [0, 0.05) is 0 Å². The van der Waals surface area contributed by atoms with Crippen LogP contribution in [0, 0.1) is 0 Å². The van der Waals surface area contributed by atoms with Crippen molar-refractivity contribution in [2.24, 2.45) is 0 Å². The maximum atomic E-state index is 12.8. The monoisotopic (exact) mass is 472 g/mol. The van der Waals surface area contributed by atoms with Crippen LogP contribution in [0.1, 0.15) is 35.7 Å². The van der Waals surface area contributed by atoms with Gasteiger partial charge >= 0.3 is 18.0 Å². The van der Waals surface area contributed by atoms with E-state index in [1.807, 2.05) is 0 Å². The molecule has 1 aromatic carbocycles. The molecule has 11 heteroatoms. The minimum atomic E-state index is -0.848. The van der Waals surface area contributed by atoms with Gasteiger partial charge in [-0.2, -0.15) is 0 Å². The van der Waals surface area contributed by atoms with E-state index in [9.17, 15) is 19.2 Å². The molecule has 0 saturated carbocycles. The van der Waals surface area contributed by atoms with Gasteiger partial charge in [-0.25, -0.2) is 14.4 Å². The van der Waals surface area contributed by atoms with Crippen molar-refractivity contribution in [2.75, 3.05) is 20.8 Å². The second kappa shape index (κ2) is 10.6. The van der Waals surface area contributed by atoms with E-state index in [0.717, 1.165) is 4.90 Å². The lowest BCUT2D eigenvalue weighted by Gasteiger charge is -2.16. The average Bonchev–Trinajstić information content (AvgIpc) is 3.40. The van der Waals surface area contributed by atoms with Crippen LogP contribution in [0.15, 0.2) is 40.4 Å². The molecule has 0 aliphatic carbocycles. The second-order valence-electron chi connectivity index (χ2n) is 7.06. The number of carbonyl (C=O) groups excluding carboxylic acids is 4. The van der Waals surface area contributed by atoms with E-state index in [0.29, 0.717) is 23.7 Å². The highest BCUT2D eigenvalue weighted by molar-refractivity contribution is 6.13. The SMILES string of the molecule is CCOc1cc(/C=C2\NC(=O)N(Cc3ccc(C(=O)OC)o3)C2=O)ccc1O[C@H](C)C(=O)OC. The summed E-state index contributed by atoms with van der Waals surface area (Å²) in [5, 5.41) is 2.52. The third kappa shape index (κ3) is 5.37. The van der Waals surface area contributed by atoms with Crippen molar-refractivity contribution in [3.8, 4) is 11.5 Å². The number of ether oxygens (including phenoxy) is 4. The number of furan rings is 1. The Hall–Kier alpha value is -4.28. The quantitative estimate of drug-likeness (QED) is 0.332. The van der Waals surface area contributed by atoms with Gasteiger partial charge in [-0.3, -0.25) is 9.69 Å². The van der Waals surface area contributed by atoms with E-state index in [4.69, 9.17) is 13.9 Å². The normalized spacial score (nSPS) is 15.2. The fourth-order valence-electron chi connectivity index (χ4n) is 3.10. The number of benzene rings is 1. The summed E-state index contributed by atoms with van der Waals surface area (Å²) in [6.45, 7) is 3.51. The Bertz CT molecular complexity index is 1140. The summed E-state index contributed by atoms with van der Waals surface area (Å²) < 4.78 is 25.8. The molecule has 0 unspecified atom stereocenters. The Balaban J connectivity index is 1.78. The lowest BCUT2D eigenvalue weighted by atomic mass is 10.1. The van der Waals surface area contributed by atoms with Crippen molar-refractivity contribution in [3.05, 3.63) is 53.1 Å². The molecule has 1 atom stereocenters. The molecule has 1 aliphatic rings. The predicted molar refractivity (Wildman–Crippen MR) is 117 cm³/mol. The maximum absolute atomic E-state index is 12.8. The minimum absolute atomic E-state index is 0.0346. The van der Waals surface area contributed by atoms with Gasteiger partial charge < -0.3 is 28.7 Å². The van der Waals surface area contributed by atoms with Crippen LogP contribution in [0.5, 0.6) is 11.5 Å². The Kier molecular flexibility index (Phi) is 7.57. The first kappa shape index (κ1) is 24.4. The maximum Gasteiger partial charge on any atom is 0.373 e.